The molecule has 0 saturated carbocycles. The number of hydrogen-bond donors (Lipinski definition) is 0. The summed E-state index contributed by atoms with van der Waals surface area (Å²) in [5.74, 6) is 6.32. The van der Waals surface area contributed by atoms with Crippen molar-refractivity contribution in [2.24, 2.45) is 0 Å². The monoisotopic (exact) mass is 206 g/mol. The van der Waals surface area contributed by atoms with Crippen LogP contribution >= 0.6 is 0 Å². The molecule has 0 atom stereocenters. The average Bonchev–Trinajstić information content (AvgIpc) is 2.30. The molecule has 0 heteroatoms. The molecule has 2 rings (SSSR count). The molecule has 0 nitrogen and oxygen atoms in total. The Labute approximate surface area is 96.9 Å². The SMILES string of the molecule is Cc1ccc(C#Cc2ccc(C)cc2)cc1. The van der Waals surface area contributed by atoms with Crippen molar-refractivity contribution in [2.45, 2.75) is 13.8 Å². The Morgan fingerprint density at radius 2 is 0.875 bits per heavy atom. The lowest BCUT2D eigenvalue weighted by atomic mass is 10.1. The highest BCUT2D eigenvalue weighted by atomic mass is 13.9. The van der Waals surface area contributed by atoms with E-state index < -0.39 is 0 Å². The van der Waals surface area contributed by atoms with Crippen LogP contribution in [0.3, 0.4) is 0 Å². The molecule has 2 aromatic rings. The zero-order valence-electron chi connectivity index (χ0n) is 9.62. The van der Waals surface area contributed by atoms with Gasteiger partial charge in [-0.15, -0.1) is 0 Å². The number of benzene rings is 2. The minimum Gasteiger partial charge on any atom is -0.0617 e. The molecule has 0 unspecified atom stereocenters. The molecule has 0 radical (unpaired) electrons. The Morgan fingerprint density at radius 3 is 1.19 bits per heavy atom. The summed E-state index contributed by atoms with van der Waals surface area (Å²) in [7, 11) is 0. The molecule has 16 heavy (non-hydrogen) atoms. The molecular formula is C16H14. The minimum absolute atomic E-state index is 1.06. The summed E-state index contributed by atoms with van der Waals surface area (Å²) >= 11 is 0. The maximum atomic E-state index is 3.16. The lowest BCUT2D eigenvalue weighted by Gasteiger charge is -1.93. The Kier molecular flexibility index (Phi) is 3.08. The summed E-state index contributed by atoms with van der Waals surface area (Å²) in [5.41, 5.74) is 4.65. The molecular weight excluding hydrogens is 192 g/mol. The summed E-state index contributed by atoms with van der Waals surface area (Å²) in [6, 6.07) is 16.5. The second kappa shape index (κ2) is 4.68. The van der Waals surface area contributed by atoms with Crippen molar-refractivity contribution in [3.63, 3.8) is 0 Å². The molecule has 2 aromatic carbocycles. The summed E-state index contributed by atoms with van der Waals surface area (Å²) in [6.07, 6.45) is 0. The van der Waals surface area contributed by atoms with Crippen LogP contribution in [0.1, 0.15) is 22.3 Å². The molecule has 0 fully saturated rings. The van der Waals surface area contributed by atoms with Crippen molar-refractivity contribution >= 4 is 0 Å². The molecule has 0 aliphatic heterocycles. The van der Waals surface area contributed by atoms with Crippen LogP contribution in [0, 0.1) is 25.7 Å². The van der Waals surface area contributed by atoms with Crippen molar-refractivity contribution in [3.8, 4) is 11.8 Å². The quantitative estimate of drug-likeness (QED) is 0.576. The van der Waals surface area contributed by atoms with Gasteiger partial charge in [-0.3, -0.25) is 0 Å². The fraction of sp³-hybridized carbons (Fsp3) is 0.125. The van der Waals surface area contributed by atoms with Gasteiger partial charge >= 0.3 is 0 Å². The van der Waals surface area contributed by atoms with Crippen molar-refractivity contribution in [1.29, 1.82) is 0 Å². The van der Waals surface area contributed by atoms with Gasteiger partial charge in [0.1, 0.15) is 0 Å². The van der Waals surface area contributed by atoms with E-state index in [4.69, 9.17) is 0 Å². The van der Waals surface area contributed by atoms with Crippen molar-refractivity contribution < 1.29 is 0 Å². The summed E-state index contributed by atoms with van der Waals surface area (Å²) in [4.78, 5) is 0. The van der Waals surface area contributed by atoms with Crippen LogP contribution in [0.15, 0.2) is 48.5 Å². The third kappa shape index (κ3) is 2.74. The van der Waals surface area contributed by atoms with Gasteiger partial charge in [0.05, 0.1) is 0 Å². The van der Waals surface area contributed by atoms with Crippen molar-refractivity contribution in [2.75, 3.05) is 0 Å². The van der Waals surface area contributed by atoms with Crippen LogP contribution in [-0.4, -0.2) is 0 Å². The smallest absolute Gasteiger partial charge is 0.0249 e. The van der Waals surface area contributed by atoms with Crippen LogP contribution in [0.25, 0.3) is 0 Å². The van der Waals surface area contributed by atoms with Gasteiger partial charge in [-0.2, -0.15) is 0 Å². The van der Waals surface area contributed by atoms with E-state index in [1.807, 2.05) is 0 Å². The molecule has 78 valence electrons. The standard InChI is InChI=1S/C16H14/c1-13-3-7-15(8-4-13)11-12-16-9-5-14(2)6-10-16/h3-10H,1-2H3. The average molecular weight is 206 g/mol. The maximum Gasteiger partial charge on any atom is 0.0249 e. The predicted octanol–water partition coefficient (Wildman–Crippen LogP) is 3.70. The van der Waals surface area contributed by atoms with Gasteiger partial charge in [0.2, 0.25) is 0 Å². The fourth-order valence-corrected chi connectivity index (χ4v) is 1.42. The summed E-state index contributed by atoms with van der Waals surface area (Å²) < 4.78 is 0. The first kappa shape index (κ1) is 10.5. The molecule has 0 heterocycles. The van der Waals surface area contributed by atoms with Gasteiger partial charge in [-0.25, -0.2) is 0 Å². The molecule has 0 saturated heterocycles. The van der Waals surface area contributed by atoms with E-state index in [0.29, 0.717) is 0 Å². The van der Waals surface area contributed by atoms with E-state index >= 15 is 0 Å². The Morgan fingerprint density at radius 1 is 0.562 bits per heavy atom. The lowest BCUT2D eigenvalue weighted by molar-refractivity contribution is 1.45. The largest absolute Gasteiger partial charge is 0.0617 e. The maximum absolute atomic E-state index is 3.16. The van der Waals surface area contributed by atoms with E-state index in [0.717, 1.165) is 11.1 Å². The number of hydrogen-bond acceptors (Lipinski definition) is 0. The van der Waals surface area contributed by atoms with E-state index in [1.165, 1.54) is 11.1 Å². The van der Waals surface area contributed by atoms with Crippen LogP contribution in [0.2, 0.25) is 0 Å². The molecule has 0 aliphatic carbocycles. The molecule has 0 aliphatic rings. The van der Waals surface area contributed by atoms with Crippen molar-refractivity contribution in [3.05, 3.63) is 70.8 Å². The highest BCUT2D eigenvalue weighted by molar-refractivity contribution is 5.43. The molecule has 0 aromatic heterocycles. The third-order valence-electron chi connectivity index (χ3n) is 2.45. The molecule has 0 spiro atoms. The van der Waals surface area contributed by atoms with E-state index in [9.17, 15) is 0 Å². The third-order valence-corrected chi connectivity index (χ3v) is 2.45. The first-order valence-electron chi connectivity index (χ1n) is 5.39. The van der Waals surface area contributed by atoms with E-state index in [-0.39, 0.29) is 0 Å². The Balaban J connectivity index is 2.21. The Bertz CT molecular complexity index is 469. The van der Waals surface area contributed by atoms with Crippen molar-refractivity contribution in [1.82, 2.24) is 0 Å². The van der Waals surface area contributed by atoms with Gasteiger partial charge in [-0.1, -0.05) is 47.2 Å². The molecule has 0 N–H and O–H groups in total. The zero-order chi connectivity index (χ0) is 11.4. The highest BCUT2D eigenvalue weighted by Gasteiger charge is 1.88. The summed E-state index contributed by atoms with van der Waals surface area (Å²) in [5, 5.41) is 0. The van der Waals surface area contributed by atoms with Gasteiger partial charge < -0.3 is 0 Å². The number of rotatable bonds is 0. The van der Waals surface area contributed by atoms with E-state index in [1.54, 1.807) is 0 Å². The van der Waals surface area contributed by atoms with Crippen LogP contribution in [0.4, 0.5) is 0 Å². The van der Waals surface area contributed by atoms with Crippen LogP contribution in [-0.2, 0) is 0 Å². The minimum atomic E-state index is 1.06. The van der Waals surface area contributed by atoms with Gasteiger partial charge in [-0.05, 0) is 38.1 Å². The molecule has 0 amide bonds. The highest BCUT2D eigenvalue weighted by Crippen LogP contribution is 2.03. The molecule has 0 bridgehead atoms. The van der Waals surface area contributed by atoms with Gasteiger partial charge in [0.15, 0.2) is 0 Å². The van der Waals surface area contributed by atoms with Crippen LogP contribution < -0.4 is 0 Å². The number of aryl methyl sites for hydroxylation is 2. The zero-order valence-corrected chi connectivity index (χ0v) is 9.62. The topological polar surface area (TPSA) is 0 Å². The van der Waals surface area contributed by atoms with Crippen LogP contribution in [0.5, 0.6) is 0 Å². The second-order valence-corrected chi connectivity index (χ2v) is 3.98. The second-order valence-electron chi connectivity index (χ2n) is 3.98. The van der Waals surface area contributed by atoms with E-state index in [2.05, 4.69) is 74.2 Å². The van der Waals surface area contributed by atoms with Gasteiger partial charge in [0.25, 0.3) is 0 Å². The Hall–Kier alpha value is -2.00. The summed E-state index contributed by atoms with van der Waals surface area (Å²) in [6.45, 7) is 4.16. The first-order valence-corrected chi connectivity index (χ1v) is 5.39. The predicted molar refractivity (Wildman–Crippen MR) is 68.3 cm³/mol. The van der Waals surface area contributed by atoms with Gasteiger partial charge in [0, 0.05) is 11.1 Å². The fourth-order valence-electron chi connectivity index (χ4n) is 1.42. The normalized spacial score (nSPS) is 9.38. The lowest BCUT2D eigenvalue weighted by Crippen LogP contribution is -1.77. The first-order chi connectivity index (χ1) is 7.74.